The highest BCUT2D eigenvalue weighted by molar-refractivity contribution is 6.07. The van der Waals surface area contributed by atoms with E-state index in [-0.39, 0.29) is 0 Å². The first-order chi connectivity index (χ1) is 28.7. The molecule has 5 nitrogen and oxygen atoms in total. The van der Waals surface area contributed by atoms with E-state index in [2.05, 4.69) is 150 Å². The van der Waals surface area contributed by atoms with Gasteiger partial charge in [0.15, 0.2) is 5.58 Å². The van der Waals surface area contributed by atoms with Gasteiger partial charge in [0.05, 0.1) is 0 Å². The zero-order chi connectivity index (χ0) is 38.2. The Balaban J connectivity index is 0.935. The maximum absolute atomic E-state index is 6.37. The highest BCUT2D eigenvalue weighted by atomic mass is 16.4. The molecule has 0 saturated carbocycles. The summed E-state index contributed by atoms with van der Waals surface area (Å²) in [6, 6.07) is 67.6. The molecule has 3 heterocycles. The van der Waals surface area contributed by atoms with Crippen LogP contribution in [0.4, 0.5) is 17.1 Å². The van der Waals surface area contributed by atoms with E-state index in [1.807, 2.05) is 48.5 Å². The summed E-state index contributed by atoms with van der Waals surface area (Å²) < 4.78 is 18.9. The lowest BCUT2D eigenvalue weighted by Crippen LogP contribution is -2.09. The van der Waals surface area contributed by atoms with Crippen LogP contribution >= 0.6 is 0 Å². The number of furan rings is 2. The first kappa shape index (κ1) is 32.4. The van der Waals surface area contributed by atoms with Gasteiger partial charge in [-0.15, -0.1) is 0 Å². The van der Waals surface area contributed by atoms with Crippen molar-refractivity contribution in [2.24, 2.45) is 0 Å². The number of para-hydroxylation sites is 3. The van der Waals surface area contributed by atoms with Gasteiger partial charge in [0.1, 0.15) is 27.8 Å². The average molecular weight is 745 g/mol. The predicted molar refractivity (Wildman–Crippen MR) is 237 cm³/mol. The van der Waals surface area contributed by atoms with Crippen LogP contribution in [0.2, 0.25) is 0 Å². The maximum Gasteiger partial charge on any atom is 0.227 e. The standard InChI is InChI=1S/C53H32N2O3/c1-2-11-40-33(9-1)10-7-14-41(40)34-19-24-37(25-20-34)55(39-28-30-46-44-13-4-6-17-48(44)57-51(46)32-39)38-26-21-35(22-27-38)42-15-8-18-49-52(42)54-53(58-49)36-23-29-45-43-12-3-5-16-47(43)56-50(45)31-36/h1-32H. The third-order valence-electron chi connectivity index (χ3n) is 11.3. The number of rotatable bonds is 6. The second-order valence-electron chi connectivity index (χ2n) is 14.7. The Labute approximate surface area is 332 Å². The number of oxazole rings is 1. The molecular weight excluding hydrogens is 713 g/mol. The number of hydrogen-bond donors (Lipinski definition) is 0. The van der Waals surface area contributed by atoms with E-state index in [1.54, 1.807) is 0 Å². The molecule has 12 rings (SSSR count). The quantitative estimate of drug-likeness (QED) is 0.170. The molecule has 12 aromatic rings. The van der Waals surface area contributed by atoms with E-state index in [0.717, 1.165) is 88.7 Å². The third kappa shape index (κ3) is 5.21. The summed E-state index contributed by atoms with van der Waals surface area (Å²) in [7, 11) is 0. The van der Waals surface area contributed by atoms with Crippen LogP contribution in [-0.4, -0.2) is 4.98 Å². The zero-order valence-corrected chi connectivity index (χ0v) is 31.1. The molecule has 0 N–H and O–H groups in total. The van der Waals surface area contributed by atoms with Gasteiger partial charge in [0.2, 0.25) is 5.89 Å². The second kappa shape index (κ2) is 12.8. The molecule has 0 spiro atoms. The van der Waals surface area contributed by atoms with Gasteiger partial charge >= 0.3 is 0 Å². The van der Waals surface area contributed by atoms with Crippen molar-refractivity contribution in [3.63, 3.8) is 0 Å². The minimum absolute atomic E-state index is 0.556. The number of nitrogens with zero attached hydrogens (tertiary/aromatic N) is 2. The van der Waals surface area contributed by atoms with E-state index in [0.29, 0.717) is 5.89 Å². The van der Waals surface area contributed by atoms with E-state index in [1.165, 1.54) is 21.9 Å². The number of fused-ring (bicyclic) bond motifs is 8. The van der Waals surface area contributed by atoms with Gasteiger partial charge in [0.25, 0.3) is 0 Å². The number of benzene rings is 9. The molecular formula is C53H32N2O3. The average Bonchev–Trinajstić information content (AvgIpc) is 4.00. The second-order valence-corrected chi connectivity index (χ2v) is 14.7. The molecule has 0 bridgehead atoms. The number of hydrogen-bond acceptors (Lipinski definition) is 5. The van der Waals surface area contributed by atoms with Gasteiger partial charge in [-0.2, -0.15) is 0 Å². The fourth-order valence-corrected chi connectivity index (χ4v) is 8.52. The first-order valence-electron chi connectivity index (χ1n) is 19.4. The van der Waals surface area contributed by atoms with Crippen LogP contribution in [-0.2, 0) is 0 Å². The molecule has 0 amide bonds. The van der Waals surface area contributed by atoms with E-state index < -0.39 is 0 Å². The van der Waals surface area contributed by atoms with Crippen LogP contribution in [0.3, 0.4) is 0 Å². The van der Waals surface area contributed by atoms with E-state index in [9.17, 15) is 0 Å². The van der Waals surface area contributed by atoms with Crippen molar-refractivity contribution in [1.82, 2.24) is 4.98 Å². The molecule has 58 heavy (non-hydrogen) atoms. The van der Waals surface area contributed by atoms with E-state index >= 15 is 0 Å². The Morgan fingerprint density at radius 2 is 0.828 bits per heavy atom. The SMILES string of the molecule is c1ccc2c(-c3ccc(N(c4ccc(-c5cccc6oc(-c7ccc8c(c7)oc7ccccc78)nc56)cc4)c4ccc5c(c4)oc4ccccc45)cc3)cccc2c1. The topological polar surface area (TPSA) is 55.6 Å². The van der Waals surface area contributed by atoms with Crippen LogP contribution in [0.25, 0.3) is 99.5 Å². The molecule has 0 fully saturated rings. The number of anilines is 3. The molecule has 272 valence electrons. The maximum atomic E-state index is 6.37. The molecule has 0 aliphatic heterocycles. The fraction of sp³-hybridized carbons (Fsp3) is 0. The molecule has 9 aromatic carbocycles. The first-order valence-corrected chi connectivity index (χ1v) is 19.4. The molecule has 0 aliphatic rings. The smallest absolute Gasteiger partial charge is 0.227 e. The van der Waals surface area contributed by atoms with Gasteiger partial charge in [-0.3, -0.25) is 0 Å². The summed E-state index contributed by atoms with van der Waals surface area (Å²) in [4.78, 5) is 7.33. The van der Waals surface area contributed by atoms with Gasteiger partial charge < -0.3 is 18.2 Å². The molecule has 5 heteroatoms. The van der Waals surface area contributed by atoms with Crippen LogP contribution in [0.1, 0.15) is 0 Å². The highest BCUT2D eigenvalue weighted by Gasteiger charge is 2.19. The van der Waals surface area contributed by atoms with Crippen LogP contribution < -0.4 is 4.90 Å². The summed E-state index contributed by atoms with van der Waals surface area (Å²) in [5.74, 6) is 0.556. The highest BCUT2D eigenvalue weighted by Crippen LogP contribution is 2.41. The normalized spacial score (nSPS) is 11.8. The van der Waals surface area contributed by atoms with Crippen molar-refractivity contribution in [3.05, 3.63) is 194 Å². The molecule has 0 unspecified atom stereocenters. The van der Waals surface area contributed by atoms with E-state index in [4.69, 9.17) is 18.2 Å². The van der Waals surface area contributed by atoms with Crippen molar-refractivity contribution in [2.45, 2.75) is 0 Å². The van der Waals surface area contributed by atoms with Gasteiger partial charge in [-0.1, -0.05) is 115 Å². The molecule has 3 aromatic heterocycles. The Kier molecular flexibility index (Phi) is 7.16. The molecule has 0 radical (unpaired) electrons. The van der Waals surface area contributed by atoms with Crippen molar-refractivity contribution in [2.75, 3.05) is 4.90 Å². The van der Waals surface area contributed by atoms with Crippen LogP contribution in [0.15, 0.2) is 207 Å². The largest absolute Gasteiger partial charge is 0.456 e. The van der Waals surface area contributed by atoms with Gasteiger partial charge in [-0.25, -0.2) is 4.98 Å². The van der Waals surface area contributed by atoms with Crippen molar-refractivity contribution in [3.8, 4) is 33.7 Å². The van der Waals surface area contributed by atoms with Crippen molar-refractivity contribution >= 4 is 82.8 Å². The lowest BCUT2D eigenvalue weighted by atomic mass is 9.98. The summed E-state index contributed by atoms with van der Waals surface area (Å²) in [6.45, 7) is 0. The van der Waals surface area contributed by atoms with Crippen LogP contribution in [0.5, 0.6) is 0 Å². The zero-order valence-electron chi connectivity index (χ0n) is 31.1. The third-order valence-corrected chi connectivity index (χ3v) is 11.3. The molecule has 0 aliphatic carbocycles. The Morgan fingerprint density at radius 3 is 1.55 bits per heavy atom. The van der Waals surface area contributed by atoms with Gasteiger partial charge in [0, 0.05) is 55.8 Å². The van der Waals surface area contributed by atoms with Crippen molar-refractivity contribution < 1.29 is 13.3 Å². The van der Waals surface area contributed by atoms with Crippen molar-refractivity contribution in [1.29, 1.82) is 0 Å². The number of aromatic nitrogens is 1. The fourth-order valence-electron chi connectivity index (χ4n) is 8.52. The monoisotopic (exact) mass is 744 g/mol. The Morgan fingerprint density at radius 1 is 0.328 bits per heavy atom. The Hall–Kier alpha value is -7.89. The summed E-state index contributed by atoms with van der Waals surface area (Å²) >= 11 is 0. The Bertz CT molecular complexity index is 3510. The summed E-state index contributed by atoms with van der Waals surface area (Å²) in [5, 5.41) is 6.84. The van der Waals surface area contributed by atoms with Crippen LogP contribution in [0, 0.1) is 0 Å². The molecule has 0 atom stereocenters. The molecule has 0 saturated heterocycles. The lowest BCUT2D eigenvalue weighted by Gasteiger charge is -2.26. The minimum Gasteiger partial charge on any atom is -0.456 e. The summed E-state index contributed by atoms with van der Waals surface area (Å²) in [6.07, 6.45) is 0. The predicted octanol–water partition coefficient (Wildman–Crippen LogP) is 15.3. The minimum atomic E-state index is 0.556. The lowest BCUT2D eigenvalue weighted by molar-refractivity contribution is 0.619. The van der Waals surface area contributed by atoms with Gasteiger partial charge in [-0.05, 0) is 100 Å². The summed E-state index contributed by atoms with van der Waals surface area (Å²) in [5.41, 5.74) is 13.3.